The van der Waals surface area contributed by atoms with Gasteiger partial charge in [0.05, 0.1) is 18.7 Å². The molecule has 2 rings (SSSR count). The number of unbranched alkanes of at least 4 members (excludes halogenated alkanes) is 7. The van der Waals surface area contributed by atoms with E-state index < -0.39 is 0 Å². The fourth-order valence-electron chi connectivity index (χ4n) is 4.76. The predicted molar refractivity (Wildman–Crippen MR) is 173 cm³/mol. The molecule has 224 valence electrons. The number of aryl methyl sites for hydroxylation is 1. The number of ether oxygens (including phenoxy) is 2. The molecule has 1 aromatic heterocycles. The van der Waals surface area contributed by atoms with E-state index in [0.717, 1.165) is 74.5 Å². The van der Waals surface area contributed by atoms with Gasteiger partial charge in [-0.2, -0.15) is 0 Å². The number of allylic oxidation sites excluding steroid dienone is 3. The minimum Gasteiger partial charge on any atom is -0.489 e. The van der Waals surface area contributed by atoms with E-state index in [9.17, 15) is 4.79 Å². The molecular formula is C35H56N2O3. The molecule has 1 N–H and O–H groups in total. The van der Waals surface area contributed by atoms with E-state index in [1.807, 2.05) is 4.57 Å². The zero-order chi connectivity index (χ0) is 29.2. The highest BCUT2D eigenvalue weighted by Crippen LogP contribution is 2.35. The van der Waals surface area contributed by atoms with Crippen LogP contribution in [-0.2, 0) is 6.54 Å². The molecule has 0 aliphatic carbocycles. The smallest absolute Gasteiger partial charge is 0.297 e. The molecule has 0 spiro atoms. The lowest BCUT2D eigenvalue weighted by atomic mass is 10.1. The zero-order valence-corrected chi connectivity index (χ0v) is 26.4. The summed E-state index contributed by atoms with van der Waals surface area (Å²) in [6.07, 6.45) is 17.5. The average molecular weight is 553 g/mol. The van der Waals surface area contributed by atoms with Gasteiger partial charge >= 0.3 is 0 Å². The van der Waals surface area contributed by atoms with Crippen LogP contribution in [0, 0.1) is 0 Å². The molecule has 1 heterocycles. The molecule has 5 nitrogen and oxygen atoms in total. The first kappa shape index (κ1) is 33.5. The first-order chi connectivity index (χ1) is 19.4. The molecule has 0 aliphatic heterocycles. The summed E-state index contributed by atoms with van der Waals surface area (Å²) >= 11 is 0. The molecule has 0 saturated carbocycles. The van der Waals surface area contributed by atoms with Gasteiger partial charge in [-0.15, -0.1) is 0 Å². The number of anilines is 1. The van der Waals surface area contributed by atoms with Crippen LogP contribution in [0.2, 0.25) is 0 Å². The summed E-state index contributed by atoms with van der Waals surface area (Å²) in [7, 11) is 0. The molecular weight excluding hydrogens is 496 g/mol. The molecule has 40 heavy (non-hydrogen) atoms. The van der Waals surface area contributed by atoms with Gasteiger partial charge in [-0.25, -0.2) is 0 Å². The maximum atomic E-state index is 13.9. The van der Waals surface area contributed by atoms with Crippen LogP contribution < -0.4 is 20.3 Å². The number of benzene rings is 1. The van der Waals surface area contributed by atoms with Gasteiger partial charge in [-0.05, 0) is 71.1 Å². The van der Waals surface area contributed by atoms with Crippen molar-refractivity contribution in [1.29, 1.82) is 0 Å². The van der Waals surface area contributed by atoms with Crippen molar-refractivity contribution in [1.82, 2.24) is 4.57 Å². The standard InChI is InChI=1S/C35H56N2O3/c1-7-10-13-15-25-39-33-31-21-20-30(36-23-22-29(6)19-17-18-28(4)5)27-32(31)37(24-12-9-3)35(38)34(33)40-26-16-14-11-8-2/h18,20-22,27,36H,7-17,19,23-26H2,1-6H3. The van der Waals surface area contributed by atoms with Gasteiger partial charge in [0.25, 0.3) is 5.56 Å². The van der Waals surface area contributed by atoms with E-state index in [1.54, 1.807) is 0 Å². The highest BCUT2D eigenvalue weighted by molar-refractivity contribution is 5.90. The molecule has 0 aliphatic rings. The number of hydrogen-bond acceptors (Lipinski definition) is 4. The number of nitrogens with zero attached hydrogens (tertiary/aromatic N) is 1. The zero-order valence-electron chi connectivity index (χ0n) is 26.4. The maximum Gasteiger partial charge on any atom is 0.297 e. The third-order valence-corrected chi connectivity index (χ3v) is 7.25. The summed E-state index contributed by atoms with van der Waals surface area (Å²) in [6, 6.07) is 6.29. The summed E-state index contributed by atoms with van der Waals surface area (Å²) in [5.74, 6) is 0.993. The Morgan fingerprint density at radius 1 is 0.825 bits per heavy atom. The van der Waals surface area contributed by atoms with Crippen LogP contribution in [0.4, 0.5) is 5.69 Å². The third kappa shape index (κ3) is 11.4. The molecule has 2 aromatic rings. The van der Waals surface area contributed by atoms with Crippen molar-refractivity contribution in [2.75, 3.05) is 25.1 Å². The van der Waals surface area contributed by atoms with Crippen LogP contribution in [0.1, 0.15) is 119 Å². The summed E-state index contributed by atoms with van der Waals surface area (Å²) in [5, 5.41) is 4.50. The van der Waals surface area contributed by atoms with Crippen LogP contribution in [-0.4, -0.2) is 24.3 Å². The Bertz CT molecular complexity index is 1130. The number of hydrogen-bond donors (Lipinski definition) is 1. The number of rotatable bonds is 21. The lowest BCUT2D eigenvalue weighted by molar-refractivity contribution is 0.256. The molecule has 0 saturated heterocycles. The van der Waals surface area contributed by atoms with Gasteiger partial charge in [0.15, 0.2) is 5.75 Å². The number of pyridine rings is 1. The Balaban J connectivity index is 2.38. The minimum absolute atomic E-state index is 0.0767. The van der Waals surface area contributed by atoms with E-state index in [4.69, 9.17) is 9.47 Å². The van der Waals surface area contributed by atoms with Crippen LogP contribution in [0.25, 0.3) is 10.9 Å². The van der Waals surface area contributed by atoms with E-state index in [2.05, 4.69) is 77.2 Å². The number of nitrogens with one attached hydrogen (secondary N) is 1. The summed E-state index contributed by atoms with van der Waals surface area (Å²) in [6.45, 7) is 15.6. The normalized spacial score (nSPS) is 11.6. The van der Waals surface area contributed by atoms with Gasteiger partial charge in [0.2, 0.25) is 5.75 Å². The highest BCUT2D eigenvalue weighted by Gasteiger charge is 2.20. The minimum atomic E-state index is -0.0767. The second-order valence-electron chi connectivity index (χ2n) is 11.3. The van der Waals surface area contributed by atoms with Crippen LogP contribution in [0.5, 0.6) is 11.5 Å². The van der Waals surface area contributed by atoms with Crippen molar-refractivity contribution >= 4 is 16.6 Å². The van der Waals surface area contributed by atoms with Crippen LogP contribution in [0.15, 0.2) is 46.3 Å². The number of aromatic nitrogens is 1. The monoisotopic (exact) mass is 552 g/mol. The second kappa shape index (κ2) is 19.4. The van der Waals surface area contributed by atoms with Crippen molar-refractivity contribution in [3.8, 4) is 11.5 Å². The van der Waals surface area contributed by atoms with Gasteiger partial charge < -0.3 is 19.4 Å². The lowest BCUT2D eigenvalue weighted by Gasteiger charge is -2.19. The summed E-state index contributed by atoms with van der Waals surface area (Å²) < 4.78 is 14.5. The van der Waals surface area contributed by atoms with Crippen LogP contribution in [0.3, 0.4) is 0 Å². The Kier molecular flexibility index (Phi) is 16.3. The first-order valence-electron chi connectivity index (χ1n) is 15.9. The topological polar surface area (TPSA) is 52.5 Å². The first-order valence-corrected chi connectivity index (χ1v) is 15.9. The Morgan fingerprint density at radius 2 is 1.48 bits per heavy atom. The average Bonchev–Trinajstić information content (AvgIpc) is 2.93. The summed E-state index contributed by atoms with van der Waals surface area (Å²) in [4.78, 5) is 13.9. The van der Waals surface area contributed by atoms with E-state index >= 15 is 0 Å². The highest BCUT2D eigenvalue weighted by atomic mass is 16.5. The van der Waals surface area contributed by atoms with Gasteiger partial charge in [0.1, 0.15) is 0 Å². The molecule has 0 radical (unpaired) electrons. The molecule has 1 aromatic carbocycles. The van der Waals surface area contributed by atoms with Crippen molar-refractivity contribution in [2.45, 2.75) is 125 Å². The molecule has 0 fully saturated rings. The van der Waals surface area contributed by atoms with Crippen LogP contribution >= 0.6 is 0 Å². The molecule has 0 unspecified atom stereocenters. The predicted octanol–water partition coefficient (Wildman–Crippen LogP) is 9.82. The van der Waals surface area contributed by atoms with Crippen molar-refractivity contribution in [3.05, 3.63) is 51.9 Å². The SMILES string of the molecule is CCCCCCOc1c(OCCCCCC)c2ccc(NCC=C(C)CCC=C(C)C)cc2n(CCCC)c1=O. The second-order valence-corrected chi connectivity index (χ2v) is 11.3. The molecule has 0 atom stereocenters. The Morgan fingerprint density at radius 3 is 2.10 bits per heavy atom. The molecule has 0 bridgehead atoms. The fraction of sp³-hybridized carbons (Fsp3) is 0.629. The maximum absolute atomic E-state index is 13.9. The van der Waals surface area contributed by atoms with Crippen molar-refractivity contribution in [3.63, 3.8) is 0 Å². The van der Waals surface area contributed by atoms with E-state index in [0.29, 0.717) is 31.3 Å². The lowest BCUT2D eigenvalue weighted by Crippen LogP contribution is -2.24. The quantitative estimate of drug-likeness (QED) is 0.124. The Hall–Kier alpha value is -2.69. The van der Waals surface area contributed by atoms with Gasteiger partial charge in [0, 0.05) is 24.2 Å². The largest absolute Gasteiger partial charge is 0.489 e. The third-order valence-electron chi connectivity index (χ3n) is 7.25. The van der Waals surface area contributed by atoms with E-state index in [1.165, 1.54) is 36.8 Å². The molecule has 0 amide bonds. The summed E-state index contributed by atoms with van der Waals surface area (Å²) in [5.41, 5.74) is 4.59. The number of fused-ring (bicyclic) bond motifs is 1. The Labute approximate surface area is 244 Å². The van der Waals surface area contributed by atoms with Gasteiger partial charge in [-0.1, -0.05) is 89.0 Å². The molecule has 5 heteroatoms. The van der Waals surface area contributed by atoms with Crippen molar-refractivity contribution < 1.29 is 9.47 Å². The van der Waals surface area contributed by atoms with Crippen molar-refractivity contribution in [2.24, 2.45) is 0 Å². The van der Waals surface area contributed by atoms with E-state index in [-0.39, 0.29) is 5.56 Å². The fourth-order valence-corrected chi connectivity index (χ4v) is 4.76. The van der Waals surface area contributed by atoms with Gasteiger partial charge in [-0.3, -0.25) is 4.79 Å².